The minimum absolute atomic E-state index is 0.305. The standard InChI is InChI=1S/C14H26IN/c1-13(2,3)12-9-10-7-6-8-11(10)16(12)14(4,5)15/h10-12H,6-9H2,1-5H3. The molecule has 0 N–H and O–H groups in total. The number of likely N-dealkylation sites (tertiary alicyclic amines) is 1. The smallest absolute Gasteiger partial charge is 0.0678 e. The van der Waals surface area contributed by atoms with E-state index in [4.69, 9.17) is 0 Å². The molecular weight excluding hydrogens is 309 g/mol. The van der Waals surface area contributed by atoms with E-state index in [9.17, 15) is 0 Å². The van der Waals surface area contributed by atoms with Crippen LogP contribution in [0.2, 0.25) is 0 Å². The van der Waals surface area contributed by atoms with Crippen molar-refractivity contribution >= 4 is 22.6 Å². The third-order valence-electron chi connectivity index (χ3n) is 4.45. The number of rotatable bonds is 1. The van der Waals surface area contributed by atoms with Crippen molar-refractivity contribution in [3.05, 3.63) is 0 Å². The van der Waals surface area contributed by atoms with E-state index in [-0.39, 0.29) is 0 Å². The summed E-state index contributed by atoms with van der Waals surface area (Å²) in [5.41, 5.74) is 0.423. The van der Waals surface area contributed by atoms with Crippen molar-refractivity contribution in [3.63, 3.8) is 0 Å². The summed E-state index contributed by atoms with van der Waals surface area (Å²) in [5, 5.41) is 0. The first-order valence-corrected chi connectivity index (χ1v) is 7.76. The van der Waals surface area contributed by atoms with Crippen LogP contribution in [0.25, 0.3) is 0 Å². The van der Waals surface area contributed by atoms with Gasteiger partial charge in [-0.1, -0.05) is 49.8 Å². The van der Waals surface area contributed by atoms with Crippen LogP contribution in [0.5, 0.6) is 0 Å². The maximum atomic E-state index is 2.84. The largest absolute Gasteiger partial charge is 0.283 e. The minimum Gasteiger partial charge on any atom is -0.283 e. The topological polar surface area (TPSA) is 3.24 Å². The number of nitrogens with zero attached hydrogens (tertiary/aromatic N) is 1. The van der Waals surface area contributed by atoms with Gasteiger partial charge in [-0.15, -0.1) is 0 Å². The maximum Gasteiger partial charge on any atom is 0.0678 e. The molecule has 1 heterocycles. The quantitative estimate of drug-likeness (QED) is 0.389. The number of hydrogen-bond donors (Lipinski definition) is 0. The maximum absolute atomic E-state index is 2.84. The van der Waals surface area contributed by atoms with Gasteiger partial charge < -0.3 is 0 Å². The predicted molar refractivity (Wildman–Crippen MR) is 78.9 cm³/mol. The van der Waals surface area contributed by atoms with Crippen LogP contribution in [0.1, 0.15) is 60.3 Å². The lowest BCUT2D eigenvalue weighted by Crippen LogP contribution is -2.51. The highest BCUT2D eigenvalue weighted by atomic mass is 127. The molecule has 3 atom stereocenters. The number of alkyl halides is 1. The second kappa shape index (κ2) is 4.11. The summed E-state index contributed by atoms with van der Waals surface area (Å²) in [6.07, 6.45) is 5.79. The van der Waals surface area contributed by atoms with E-state index >= 15 is 0 Å². The Morgan fingerprint density at radius 2 is 1.69 bits per heavy atom. The Bertz CT molecular complexity index is 261. The molecule has 0 aromatic heterocycles. The molecule has 0 spiro atoms. The van der Waals surface area contributed by atoms with Gasteiger partial charge in [0.25, 0.3) is 0 Å². The molecule has 1 aliphatic heterocycles. The summed E-state index contributed by atoms with van der Waals surface area (Å²) in [4.78, 5) is 2.84. The molecule has 2 aliphatic rings. The zero-order chi connectivity index (χ0) is 12.1. The monoisotopic (exact) mass is 335 g/mol. The Hall–Kier alpha value is 0.690. The Morgan fingerprint density at radius 3 is 2.19 bits per heavy atom. The van der Waals surface area contributed by atoms with Gasteiger partial charge in [-0.05, 0) is 44.4 Å². The van der Waals surface area contributed by atoms with E-state index in [0.717, 1.165) is 18.0 Å². The highest BCUT2D eigenvalue weighted by molar-refractivity contribution is 14.1. The van der Waals surface area contributed by atoms with E-state index in [0.29, 0.717) is 8.96 Å². The number of hydrogen-bond acceptors (Lipinski definition) is 1. The second-order valence-corrected chi connectivity index (χ2v) is 9.83. The van der Waals surface area contributed by atoms with E-state index in [1.165, 1.54) is 25.7 Å². The van der Waals surface area contributed by atoms with Crippen LogP contribution in [0.4, 0.5) is 0 Å². The fourth-order valence-electron chi connectivity index (χ4n) is 3.83. The van der Waals surface area contributed by atoms with Crippen LogP contribution >= 0.6 is 22.6 Å². The molecular formula is C14H26IN. The second-order valence-electron chi connectivity index (χ2n) is 7.19. The SMILES string of the molecule is CC(C)(C)C1CC2CCCC2N1C(C)(C)I. The van der Waals surface area contributed by atoms with Gasteiger partial charge in [0.15, 0.2) is 0 Å². The van der Waals surface area contributed by atoms with Gasteiger partial charge in [-0.25, -0.2) is 0 Å². The molecule has 0 aromatic rings. The van der Waals surface area contributed by atoms with Gasteiger partial charge in [0, 0.05) is 12.1 Å². The molecule has 0 radical (unpaired) electrons. The predicted octanol–water partition coefficient (Wildman–Crippen LogP) is 4.45. The summed E-state index contributed by atoms with van der Waals surface area (Å²) in [6, 6.07) is 1.64. The summed E-state index contributed by atoms with van der Waals surface area (Å²) in [6.45, 7) is 12.0. The highest BCUT2D eigenvalue weighted by Gasteiger charge is 2.51. The number of fused-ring (bicyclic) bond motifs is 1. The Balaban J connectivity index is 2.27. The summed E-state index contributed by atoms with van der Waals surface area (Å²) < 4.78 is 0.305. The third kappa shape index (κ3) is 2.29. The fraction of sp³-hybridized carbons (Fsp3) is 1.00. The van der Waals surface area contributed by atoms with Crippen molar-refractivity contribution in [2.45, 2.75) is 75.9 Å². The van der Waals surface area contributed by atoms with E-state index < -0.39 is 0 Å². The zero-order valence-corrected chi connectivity index (χ0v) is 13.5. The van der Waals surface area contributed by atoms with Gasteiger partial charge in [0.1, 0.15) is 0 Å². The van der Waals surface area contributed by atoms with Crippen molar-refractivity contribution < 1.29 is 0 Å². The van der Waals surface area contributed by atoms with Crippen molar-refractivity contribution in [1.82, 2.24) is 4.90 Å². The molecule has 0 bridgehead atoms. The van der Waals surface area contributed by atoms with Crippen LogP contribution in [0, 0.1) is 11.3 Å². The normalized spacial score (nSPS) is 36.8. The molecule has 94 valence electrons. The molecule has 1 nitrogen and oxygen atoms in total. The molecule has 0 aromatic carbocycles. The Kier molecular flexibility index (Phi) is 3.38. The van der Waals surface area contributed by atoms with Crippen molar-refractivity contribution in [2.75, 3.05) is 0 Å². The van der Waals surface area contributed by atoms with Crippen LogP contribution in [0.15, 0.2) is 0 Å². The molecule has 1 saturated heterocycles. The van der Waals surface area contributed by atoms with E-state index in [1.54, 1.807) is 0 Å². The van der Waals surface area contributed by atoms with Crippen LogP contribution in [-0.2, 0) is 0 Å². The lowest BCUT2D eigenvalue weighted by molar-refractivity contribution is 0.0678. The molecule has 2 fully saturated rings. The third-order valence-corrected chi connectivity index (χ3v) is 5.01. The van der Waals surface area contributed by atoms with Gasteiger partial charge in [-0.3, -0.25) is 4.90 Å². The van der Waals surface area contributed by atoms with Crippen molar-refractivity contribution in [2.24, 2.45) is 11.3 Å². The minimum atomic E-state index is 0.305. The molecule has 16 heavy (non-hydrogen) atoms. The van der Waals surface area contributed by atoms with Crippen LogP contribution in [0.3, 0.4) is 0 Å². The summed E-state index contributed by atoms with van der Waals surface area (Å²) in [7, 11) is 0. The highest BCUT2D eigenvalue weighted by Crippen LogP contribution is 2.50. The first-order valence-electron chi connectivity index (χ1n) is 6.68. The van der Waals surface area contributed by atoms with Crippen molar-refractivity contribution in [1.29, 1.82) is 0 Å². The average Bonchev–Trinajstić information content (AvgIpc) is 2.53. The first-order chi connectivity index (χ1) is 7.21. The molecule has 1 aliphatic carbocycles. The summed E-state index contributed by atoms with van der Waals surface area (Å²) in [5.74, 6) is 0.985. The molecule has 2 heteroatoms. The van der Waals surface area contributed by atoms with Crippen LogP contribution in [-0.4, -0.2) is 20.5 Å². The average molecular weight is 335 g/mol. The van der Waals surface area contributed by atoms with E-state index in [2.05, 4.69) is 62.1 Å². The molecule has 3 unspecified atom stereocenters. The summed E-state index contributed by atoms with van der Waals surface area (Å²) >= 11 is 2.64. The van der Waals surface area contributed by atoms with Gasteiger partial charge in [-0.2, -0.15) is 0 Å². The van der Waals surface area contributed by atoms with Crippen molar-refractivity contribution in [3.8, 4) is 0 Å². The van der Waals surface area contributed by atoms with Gasteiger partial charge in [0.05, 0.1) is 3.55 Å². The Labute approximate surface area is 114 Å². The molecule has 0 amide bonds. The van der Waals surface area contributed by atoms with Gasteiger partial charge >= 0.3 is 0 Å². The number of halogens is 1. The van der Waals surface area contributed by atoms with E-state index in [1.807, 2.05) is 0 Å². The van der Waals surface area contributed by atoms with Gasteiger partial charge in [0.2, 0.25) is 0 Å². The lowest BCUT2D eigenvalue weighted by Gasteiger charge is -2.44. The Morgan fingerprint density at radius 1 is 1.06 bits per heavy atom. The lowest BCUT2D eigenvalue weighted by atomic mass is 9.83. The fourth-order valence-corrected chi connectivity index (χ4v) is 4.52. The molecule has 2 rings (SSSR count). The van der Waals surface area contributed by atoms with Crippen LogP contribution < -0.4 is 0 Å². The zero-order valence-electron chi connectivity index (χ0n) is 11.4. The molecule has 1 saturated carbocycles. The first kappa shape index (κ1) is 13.1.